The Kier molecular flexibility index (Phi) is 3.00. The van der Waals surface area contributed by atoms with E-state index in [0.717, 1.165) is 11.9 Å². The summed E-state index contributed by atoms with van der Waals surface area (Å²) in [6.45, 7) is 6.64. The van der Waals surface area contributed by atoms with Gasteiger partial charge < -0.3 is 0 Å². The van der Waals surface area contributed by atoms with E-state index in [1.54, 1.807) is 0 Å². The van der Waals surface area contributed by atoms with Gasteiger partial charge in [-0.05, 0) is 29.5 Å². The Morgan fingerprint density at radius 2 is 2.13 bits per heavy atom. The van der Waals surface area contributed by atoms with Gasteiger partial charge in [-0.25, -0.2) is 4.98 Å². The molecule has 80 valence electrons. The second-order valence-electron chi connectivity index (χ2n) is 4.12. The molecule has 0 fully saturated rings. The maximum Gasteiger partial charge on any atom is 0.105 e. The highest BCUT2D eigenvalue weighted by atomic mass is 127. The number of nitrogens with zero attached hydrogens (tertiary/aromatic N) is 2. The lowest BCUT2D eigenvalue weighted by Gasteiger charge is -2.09. The van der Waals surface area contributed by atoms with Crippen LogP contribution >= 0.6 is 22.9 Å². The normalized spacial score (nSPS) is 11.5. The molecule has 0 saturated heterocycles. The molecule has 15 heavy (non-hydrogen) atoms. The highest BCUT2D eigenvalue weighted by Crippen LogP contribution is 2.27. The number of aryl methyl sites for hydroxylation is 1. The Labute approximate surface area is 104 Å². The first-order valence-electron chi connectivity index (χ1n) is 5.29. The fraction of sp³-hybridized carbons (Fsp3) is 0.417. The molecule has 2 aromatic rings. The van der Waals surface area contributed by atoms with E-state index in [4.69, 9.17) is 0 Å². The summed E-state index contributed by atoms with van der Waals surface area (Å²) < 4.78 is 2.07. The molecule has 0 aliphatic carbocycles. The van der Waals surface area contributed by atoms with Gasteiger partial charge in [0.2, 0.25) is 0 Å². The summed E-state index contributed by atoms with van der Waals surface area (Å²) >= 11 is 2.28. The lowest BCUT2D eigenvalue weighted by Crippen LogP contribution is -1.93. The molecule has 0 amide bonds. The second kappa shape index (κ2) is 4.12. The number of aromatic nitrogens is 2. The maximum atomic E-state index is 4.47. The first kappa shape index (κ1) is 10.9. The SMILES string of the molecule is CCc1cc(C(C)C)c2ncn(I)c2c1. The largest absolute Gasteiger partial charge is 0.271 e. The molecular formula is C12H15IN2. The number of hydrogen-bond donors (Lipinski definition) is 0. The number of imidazole rings is 1. The van der Waals surface area contributed by atoms with E-state index in [-0.39, 0.29) is 0 Å². The number of hydrogen-bond acceptors (Lipinski definition) is 1. The minimum atomic E-state index is 0.533. The highest BCUT2D eigenvalue weighted by Gasteiger charge is 2.10. The fourth-order valence-electron chi connectivity index (χ4n) is 1.82. The van der Waals surface area contributed by atoms with Crippen molar-refractivity contribution in [2.45, 2.75) is 33.1 Å². The molecule has 0 aliphatic heterocycles. The molecule has 1 heterocycles. The van der Waals surface area contributed by atoms with E-state index in [1.165, 1.54) is 16.6 Å². The third-order valence-electron chi connectivity index (χ3n) is 2.73. The molecule has 0 spiro atoms. The van der Waals surface area contributed by atoms with E-state index < -0.39 is 0 Å². The lowest BCUT2D eigenvalue weighted by atomic mass is 9.98. The van der Waals surface area contributed by atoms with Crippen LogP contribution in [0.25, 0.3) is 11.0 Å². The van der Waals surface area contributed by atoms with Crippen LogP contribution in [0.5, 0.6) is 0 Å². The van der Waals surface area contributed by atoms with Crippen molar-refractivity contribution in [2.75, 3.05) is 0 Å². The number of fused-ring (bicyclic) bond motifs is 1. The molecule has 1 aromatic heterocycles. The van der Waals surface area contributed by atoms with Crippen molar-refractivity contribution < 1.29 is 0 Å². The summed E-state index contributed by atoms with van der Waals surface area (Å²) in [5.41, 5.74) is 5.14. The van der Waals surface area contributed by atoms with Crippen LogP contribution in [0.15, 0.2) is 18.5 Å². The van der Waals surface area contributed by atoms with Gasteiger partial charge >= 0.3 is 0 Å². The van der Waals surface area contributed by atoms with Crippen molar-refractivity contribution in [3.05, 3.63) is 29.6 Å². The molecule has 0 N–H and O–H groups in total. The molecule has 1 aromatic carbocycles. The third-order valence-corrected chi connectivity index (χ3v) is 3.50. The van der Waals surface area contributed by atoms with Crippen LogP contribution in [0.2, 0.25) is 0 Å². The maximum absolute atomic E-state index is 4.47. The van der Waals surface area contributed by atoms with Crippen molar-refractivity contribution in [1.29, 1.82) is 0 Å². The molecule has 2 rings (SSSR count). The van der Waals surface area contributed by atoms with E-state index >= 15 is 0 Å². The minimum Gasteiger partial charge on any atom is -0.271 e. The molecule has 0 radical (unpaired) electrons. The summed E-state index contributed by atoms with van der Waals surface area (Å²) in [5, 5.41) is 0. The van der Waals surface area contributed by atoms with Crippen molar-refractivity contribution >= 4 is 33.9 Å². The predicted molar refractivity (Wildman–Crippen MR) is 72.6 cm³/mol. The zero-order valence-electron chi connectivity index (χ0n) is 9.29. The van der Waals surface area contributed by atoms with E-state index in [2.05, 4.69) is 63.5 Å². The van der Waals surface area contributed by atoms with Gasteiger partial charge in [0, 0.05) is 0 Å². The Morgan fingerprint density at radius 1 is 1.40 bits per heavy atom. The van der Waals surface area contributed by atoms with Gasteiger partial charge in [0.15, 0.2) is 0 Å². The van der Waals surface area contributed by atoms with Gasteiger partial charge in [0.1, 0.15) is 6.33 Å². The molecule has 3 heteroatoms. The van der Waals surface area contributed by atoms with Crippen molar-refractivity contribution in [3.8, 4) is 0 Å². The van der Waals surface area contributed by atoms with Crippen molar-refractivity contribution in [1.82, 2.24) is 7.76 Å². The Morgan fingerprint density at radius 3 is 2.73 bits per heavy atom. The standard InChI is InChI=1S/C12H15IN2/c1-4-9-5-10(8(2)3)12-11(6-9)15(13)7-14-12/h5-8H,4H2,1-3H3. The smallest absolute Gasteiger partial charge is 0.105 e. The molecule has 0 atom stereocenters. The molecule has 0 unspecified atom stereocenters. The van der Waals surface area contributed by atoms with E-state index in [0.29, 0.717) is 5.92 Å². The lowest BCUT2D eigenvalue weighted by molar-refractivity contribution is 0.870. The van der Waals surface area contributed by atoms with Gasteiger partial charge in [-0.15, -0.1) is 0 Å². The monoisotopic (exact) mass is 314 g/mol. The Hall–Kier alpha value is -0.580. The Balaban J connectivity index is 2.76. The van der Waals surface area contributed by atoms with Crippen LogP contribution in [-0.4, -0.2) is 7.76 Å². The van der Waals surface area contributed by atoms with E-state index in [9.17, 15) is 0 Å². The van der Waals surface area contributed by atoms with Crippen LogP contribution in [-0.2, 0) is 6.42 Å². The zero-order valence-corrected chi connectivity index (χ0v) is 11.4. The van der Waals surface area contributed by atoms with Crippen molar-refractivity contribution in [2.24, 2.45) is 0 Å². The van der Waals surface area contributed by atoms with Crippen LogP contribution in [0, 0.1) is 0 Å². The average molecular weight is 314 g/mol. The van der Waals surface area contributed by atoms with Gasteiger partial charge in [-0.3, -0.25) is 2.78 Å². The topological polar surface area (TPSA) is 17.8 Å². The molecule has 0 aliphatic rings. The number of halogens is 1. The van der Waals surface area contributed by atoms with Gasteiger partial charge in [-0.1, -0.05) is 26.8 Å². The van der Waals surface area contributed by atoms with Gasteiger partial charge in [0.05, 0.1) is 33.9 Å². The summed E-state index contributed by atoms with van der Waals surface area (Å²) in [5.74, 6) is 0.533. The molecule has 0 bridgehead atoms. The van der Waals surface area contributed by atoms with Crippen LogP contribution in [0.1, 0.15) is 37.8 Å². The summed E-state index contributed by atoms with van der Waals surface area (Å²) in [7, 11) is 0. The molecule has 2 nitrogen and oxygen atoms in total. The summed E-state index contributed by atoms with van der Waals surface area (Å²) in [4.78, 5) is 4.47. The third kappa shape index (κ3) is 1.89. The fourth-order valence-corrected chi connectivity index (χ4v) is 2.31. The number of rotatable bonds is 2. The Bertz CT molecular complexity index is 486. The highest BCUT2D eigenvalue weighted by molar-refractivity contribution is 14.1. The van der Waals surface area contributed by atoms with Gasteiger partial charge in [0.25, 0.3) is 0 Å². The second-order valence-corrected chi connectivity index (χ2v) is 5.16. The zero-order chi connectivity index (χ0) is 11.0. The average Bonchev–Trinajstić information content (AvgIpc) is 2.59. The van der Waals surface area contributed by atoms with Crippen LogP contribution in [0.3, 0.4) is 0 Å². The summed E-state index contributed by atoms with van der Waals surface area (Å²) in [6.07, 6.45) is 2.97. The molecular weight excluding hydrogens is 299 g/mol. The first-order valence-corrected chi connectivity index (χ1v) is 6.26. The first-order chi connectivity index (χ1) is 7.13. The van der Waals surface area contributed by atoms with Gasteiger partial charge in [-0.2, -0.15) is 0 Å². The van der Waals surface area contributed by atoms with Crippen LogP contribution in [0.4, 0.5) is 0 Å². The van der Waals surface area contributed by atoms with Crippen molar-refractivity contribution in [3.63, 3.8) is 0 Å². The summed E-state index contributed by atoms with van der Waals surface area (Å²) in [6, 6.07) is 4.53. The number of benzene rings is 1. The quantitative estimate of drug-likeness (QED) is 0.768. The predicted octanol–water partition coefficient (Wildman–Crippen LogP) is 3.92. The minimum absolute atomic E-state index is 0.533. The molecule has 0 saturated carbocycles. The van der Waals surface area contributed by atoms with E-state index in [1.807, 2.05) is 6.33 Å². The van der Waals surface area contributed by atoms with Crippen LogP contribution < -0.4 is 0 Å².